The maximum atomic E-state index is 13.0. The molecule has 43 heavy (non-hydrogen) atoms. The molecule has 10 heteroatoms. The Morgan fingerprint density at radius 1 is 0.884 bits per heavy atom. The van der Waals surface area contributed by atoms with E-state index >= 15 is 0 Å². The molecule has 1 aliphatic rings. The van der Waals surface area contributed by atoms with Crippen molar-refractivity contribution in [3.05, 3.63) is 118 Å². The fraction of sp³-hybridized carbons (Fsp3) is 0.242. The lowest BCUT2D eigenvalue weighted by Gasteiger charge is -2.36. The first kappa shape index (κ1) is 31.1. The van der Waals surface area contributed by atoms with Gasteiger partial charge >= 0.3 is 0 Å². The van der Waals surface area contributed by atoms with Crippen LogP contribution in [-0.2, 0) is 16.6 Å². The van der Waals surface area contributed by atoms with Crippen molar-refractivity contribution in [1.82, 2.24) is 9.62 Å². The van der Waals surface area contributed by atoms with Crippen molar-refractivity contribution in [2.75, 3.05) is 48.7 Å². The maximum absolute atomic E-state index is 13.0. The van der Waals surface area contributed by atoms with E-state index < -0.39 is 15.9 Å². The molecule has 0 radical (unpaired) electrons. The third-order valence-electron chi connectivity index (χ3n) is 7.38. The first-order valence-corrected chi connectivity index (χ1v) is 17.4. The molecule has 4 aromatic carbocycles. The molecule has 0 aromatic heterocycles. The molecule has 1 saturated heterocycles. The molecule has 1 amide bonds. The number of thioether (sulfide) groups is 1. The SMILES string of the molecule is Cc1cc(S(=O)(=O)NC(=O)c2ccc(N3CCN(Cc4ccccc4Br)CC3)cc2)ccc1NCCSc1ccccc1. The van der Waals surface area contributed by atoms with Gasteiger partial charge in [-0.2, -0.15) is 0 Å². The molecule has 1 heterocycles. The van der Waals surface area contributed by atoms with Gasteiger partial charge in [-0.3, -0.25) is 9.69 Å². The standard InChI is InChI=1S/C33H35BrN4O3S2/c1-25-23-30(15-16-32(25)35-17-22-42-29-8-3-2-4-9-29)43(40,41)36-33(39)26-11-13-28(14-12-26)38-20-18-37(19-21-38)24-27-7-5-6-10-31(27)34/h2-16,23,35H,17-22,24H2,1H3,(H,36,39). The highest BCUT2D eigenvalue weighted by atomic mass is 79.9. The molecule has 0 bridgehead atoms. The summed E-state index contributed by atoms with van der Waals surface area (Å²) in [6, 6.07) is 30.4. The summed E-state index contributed by atoms with van der Waals surface area (Å²) in [4.78, 5) is 18.9. The van der Waals surface area contributed by atoms with E-state index in [9.17, 15) is 13.2 Å². The lowest BCUT2D eigenvalue weighted by atomic mass is 10.1. The third-order valence-corrected chi connectivity index (χ3v) is 10.5. The van der Waals surface area contributed by atoms with Crippen molar-refractivity contribution in [2.24, 2.45) is 0 Å². The van der Waals surface area contributed by atoms with Crippen molar-refractivity contribution < 1.29 is 13.2 Å². The van der Waals surface area contributed by atoms with Crippen LogP contribution in [0.1, 0.15) is 21.5 Å². The average Bonchev–Trinajstić information content (AvgIpc) is 3.02. The second kappa shape index (κ2) is 14.4. The molecule has 0 unspecified atom stereocenters. The number of nitrogens with zero attached hydrogens (tertiary/aromatic N) is 2. The first-order chi connectivity index (χ1) is 20.8. The summed E-state index contributed by atoms with van der Waals surface area (Å²) in [6.45, 7) is 7.11. The molecular formula is C33H35BrN4O3S2. The Morgan fingerprint density at radius 2 is 1.58 bits per heavy atom. The Bertz CT molecular complexity index is 1640. The lowest BCUT2D eigenvalue weighted by Crippen LogP contribution is -2.46. The minimum absolute atomic E-state index is 0.0552. The molecule has 224 valence electrons. The largest absolute Gasteiger partial charge is 0.384 e. The van der Waals surface area contributed by atoms with Gasteiger partial charge in [-0.1, -0.05) is 52.3 Å². The van der Waals surface area contributed by atoms with Gasteiger partial charge in [0.05, 0.1) is 4.90 Å². The summed E-state index contributed by atoms with van der Waals surface area (Å²) in [5.74, 6) is 0.226. The molecule has 1 fully saturated rings. The van der Waals surface area contributed by atoms with Gasteiger partial charge in [0.25, 0.3) is 15.9 Å². The Balaban J connectivity index is 1.11. The summed E-state index contributed by atoms with van der Waals surface area (Å²) in [6.07, 6.45) is 0. The highest BCUT2D eigenvalue weighted by Gasteiger charge is 2.21. The molecule has 0 saturated carbocycles. The summed E-state index contributed by atoms with van der Waals surface area (Å²) in [7, 11) is -4.02. The van der Waals surface area contributed by atoms with Crippen LogP contribution >= 0.6 is 27.7 Å². The van der Waals surface area contributed by atoms with Gasteiger partial charge < -0.3 is 10.2 Å². The molecule has 4 aromatic rings. The number of anilines is 2. The highest BCUT2D eigenvalue weighted by molar-refractivity contribution is 9.10. The molecule has 0 atom stereocenters. The van der Waals surface area contributed by atoms with Crippen LogP contribution in [0.15, 0.2) is 111 Å². The van der Waals surface area contributed by atoms with E-state index in [2.05, 4.69) is 66.1 Å². The Morgan fingerprint density at radius 3 is 2.28 bits per heavy atom. The van der Waals surface area contributed by atoms with Crippen molar-refractivity contribution in [1.29, 1.82) is 0 Å². The number of amides is 1. The maximum Gasteiger partial charge on any atom is 0.264 e. The minimum Gasteiger partial charge on any atom is -0.384 e. The zero-order valence-corrected chi connectivity index (χ0v) is 27.2. The summed E-state index contributed by atoms with van der Waals surface area (Å²) < 4.78 is 29.4. The number of hydrogen-bond acceptors (Lipinski definition) is 7. The number of benzene rings is 4. The molecule has 1 aliphatic heterocycles. The molecule has 7 nitrogen and oxygen atoms in total. The van der Waals surface area contributed by atoms with Crippen molar-refractivity contribution in [3.8, 4) is 0 Å². The van der Waals surface area contributed by atoms with Crippen LogP contribution < -0.4 is 14.9 Å². The van der Waals surface area contributed by atoms with Crippen LogP contribution in [0.4, 0.5) is 11.4 Å². The van der Waals surface area contributed by atoms with Crippen molar-refractivity contribution in [3.63, 3.8) is 0 Å². The van der Waals surface area contributed by atoms with Gasteiger partial charge in [0.15, 0.2) is 0 Å². The van der Waals surface area contributed by atoms with Crippen LogP contribution in [0.25, 0.3) is 0 Å². The van der Waals surface area contributed by atoms with Gasteiger partial charge in [0, 0.05) is 71.3 Å². The Kier molecular flexibility index (Phi) is 10.5. The van der Waals surface area contributed by atoms with Gasteiger partial charge in [0.2, 0.25) is 0 Å². The number of piperazine rings is 1. The number of hydrogen-bond donors (Lipinski definition) is 2. The zero-order valence-electron chi connectivity index (χ0n) is 24.0. The van der Waals surface area contributed by atoms with Gasteiger partial charge in [-0.05, 0) is 78.7 Å². The van der Waals surface area contributed by atoms with Crippen LogP contribution in [0.3, 0.4) is 0 Å². The van der Waals surface area contributed by atoms with Crippen LogP contribution in [-0.4, -0.2) is 57.7 Å². The van der Waals surface area contributed by atoms with Crippen LogP contribution in [0.5, 0.6) is 0 Å². The lowest BCUT2D eigenvalue weighted by molar-refractivity contribution is 0.0981. The fourth-order valence-corrected chi connectivity index (χ4v) is 7.23. The predicted octanol–water partition coefficient (Wildman–Crippen LogP) is 6.40. The quantitative estimate of drug-likeness (QED) is 0.140. The summed E-state index contributed by atoms with van der Waals surface area (Å²) in [5.41, 5.74) is 4.24. The first-order valence-electron chi connectivity index (χ1n) is 14.2. The van der Waals surface area contributed by atoms with E-state index in [1.165, 1.54) is 16.5 Å². The number of carbonyl (C=O) groups excluding carboxylic acids is 1. The van der Waals surface area contributed by atoms with Gasteiger partial charge in [0.1, 0.15) is 0 Å². The number of rotatable bonds is 11. The van der Waals surface area contributed by atoms with E-state index in [1.807, 2.05) is 43.3 Å². The third kappa shape index (κ3) is 8.41. The van der Waals surface area contributed by atoms with E-state index in [4.69, 9.17) is 0 Å². The number of carbonyl (C=O) groups is 1. The molecule has 0 spiro atoms. The second-order valence-electron chi connectivity index (χ2n) is 10.4. The normalized spacial score (nSPS) is 14.0. The number of nitrogens with one attached hydrogen (secondary N) is 2. The van der Waals surface area contributed by atoms with E-state index in [-0.39, 0.29) is 4.90 Å². The predicted molar refractivity (Wildman–Crippen MR) is 180 cm³/mol. The van der Waals surface area contributed by atoms with Gasteiger partial charge in [-0.25, -0.2) is 13.1 Å². The van der Waals surface area contributed by atoms with E-state index in [1.54, 1.807) is 36.0 Å². The fourth-order valence-electron chi connectivity index (χ4n) is 4.97. The number of halogens is 1. The Labute approximate surface area is 266 Å². The van der Waals surface area contributed by atoms with E-state index in [0.717, 1.165) is 66.4 Å². The van der Waals surface area contributed by atoms with Gasteiger partial charge in [-0.15, -0.1) is 11.8 Å². The second-order valence-corrected chi connectivity index (χ2v) is 14.1. The average molecular weight is 680 g/mol. The van der Waals surface area contributed by atoms with Crippen LogP contribution in [0, 0.1) is 6.92 Å². The molecular weight excluding hydrogens is 644 g/mol. The molecule has 0 aliphatic carbocycles. The topological polar surface area (TPSA) is 81.8 Å². The summed E-state index contributed by atoms with van der Waals surface area (Å²) in [5, 5.41) is 3.36. The monoisotopic (exact) mass is 678 g/mol. The smallest absolute Gasteiger partial charge is 0.264 e. The van der Waals surface area contributed by atoms with Crippen LogP contribution in [0.2, 0.25) is 0 Å². The van der Waals surface area contributed by atoms with Crippen molar-refractivity contribution >= 4 is 55.0 Å². The zero-order chi connectivity index (χ0) is 30.2. The molecule has 5 rings (SSSR count). The Hall–Kier alpha value is -3.31. The summed E-state index contributed by atoms with van der Waals surface area (Å²) >= 11 is 5.39. The number of aryl methyl sites for hydroxylation is 1. The van der Waals surface area contributed by atoms with E-state index in [0.29, 0.717) is 5.56 Å². The number of sulfonamides is 1. The van der Waals surface area contributed by atoms with Crippen molar-refractivity contribution in [2.45, 2.75) is 23.3 Å². The molecule has 2 N–H and O–H groups in total. The minimum atomic E-state index is -4.02. The highest BCUT2D eigenvalue weighted by Crippen LogP contribution is 2.23.